The third-order valence-corrected chi connectivity index (χ3v) is 3.98. The molecule has 0 spiro atoms. The number of aromatic nitrogens is 2. The minimum Gasteiger partial charge on any atom is -0.368 e. The zero-order valence-corrected chi connectivity index (χ0v) is 14.0. The number of rotatable bonds is 4. The van der Waals surface area contributed by atoms with Crippen LogP contribution in [0.2, 0.25) is 0 Å². The number of aryl methyl sites for hydroxylation is 3. The van der Waals surface area contributed by atoms with Crippen molar-refractivity contribution >= 4 is 5.82 Å². The second kappa shape index (κ2) is 6.25. The van der Waals surface area contributed by atoms with Crippen LogP contribution in [-0.4, -0.2) is 16.7 Å². The standard InChI is InChI=1S/C18H25N3/c1-7-8-19-18-15(6)14(5)17(20-21-18)16-12(3)9-11(2)10-13(16)4/h9-10H,7-8H2,1-6H3,(H,19,21). The van der Waals surface area contributed by atoms with Crippen LogP contribution in [0, 0.1) is 34.6 Å². The van der Waals surface area contributed by atoms with E-state index >= 15 is 0 Å². The van der Waals surface area contributed by atoms with Crippen LogP contribution in [0.1, 0.15) is 41.2 Å². The third kappa shape index (κ3) is 3.07. The molecule has 3 nitrogen and oxygen atoms in total. The van der Waals surface area contributed by atoms with Gasteiger partial charge in [0.05, 0.1) is 5.69 Å². The van der Waals surface area contributed by atoms with E-state index < -0.39 is 0 Å². The molecule has 0 unspecified atom stereocenters. The summed E-state index contributed by atoms with van der Waals surface area (Å²) in [7, 11) is 0. The molecule has 2 rings (SSSR count). The molecule has 1 N–H and O–H groups in total. The highest BCUT2D eigenvalue weighted by Crippen LogP contribution is 2.31. The molecule has 0 saturated carbocycles. The van der Waals surface area contributed by atoms with Crippen molar-refractivity contribution in [2.45, 2.75) is 48.0 Å². The fourth-order valence-corrected chi connectivity index (χ4v) is 2.81. The van der Waals surface area contributed by atoms with Gasteiger partial charge in [-0.2, -0.15) is 0 Å². The van der Waals surface area contributed by atoms with Crippen molar-refractivity contribution in [3.8, 4) is 11.3 Å². The lowest BCUT2D eigenvalue weighted by Crippen LogP contribution is -2.08. The maximum Gasteiger partial charge on any atom is 0.151 e. The topological polar surface area (TPSA) is 37.8 Å². The average molecular weight is 283 g/mol. The first-order valence-electron chi connectivity index (χ1n) is 7.61. The van der Waals surface area contributed by atoms with E-state index in [0.717, 1.165) is 24.5 Å². The number of nitrogens with zero attached hydrogens (tertiary/aromatic N) is 2. The lowest BCUT2D eigenvalue weighted by atomic mass is 9.94. The van der Waals surface area contributed by atoms with E-state index in [-0.39, 0.29) is 0 Å². The summed E-state index contributed by atoms with van der Waals surface area (Å²) in [6.07, 6.45) is 1.08. The Morgan fingerprint density at radius 3 is 2.10 bits per heavy atom. The molecule has 1 heterocycles. The first kappa shape index (κ1) is 15.5. The summed E-state index contributed by atoms with van der Waals surface area (Å²) < 4.78 is 0. The van der Waals surface area contributed by atoms with Crippen LogP contribution in [0.25, 0.3) is 11.3 Å². The molecular weight excluding hydrogens is 258 g/mol. The maximum absolute atomic E-state index is 4.50. The molecule has 0 amide bonds. The van der Waals surface area contributed by atoms with Gasteiger partial charge >= 0.3 is 0 Å². The van der Waals surface area contributed by atoms with Crippen molar-refractivity contribution < 1.29 is 0 Å². The fraction of sp³-hybridized carbons (Fsp3) is 0.444. The smallest absolute Gasteiger partial charge is 0.151 e. The summed E-state index contributed by atoms with van der Waals surface area (Å²) >= 11 is 0. The van der Waals surface area contributed by atoms with Gasteiger partial charge in [0.2, 0.25) is 0 Å². The summed E-state index contributed by atoms with van der Waals surface area (Å²) in [5.74, 6) is 0.903. The zero-order valence-electron chi connectivity index (χ0n) is 14.0. The van der Waals surface area contributed by atoms with Gasteiger partial charge in [0.25, 0.3) is 0 Å². The van der Waals surface area contributed by atoms with Crippen LogP contribution in [0.5, 0.6) is 0 Å². The maximum atomic E-state index is 4.50. The van der Waals surface area contributed by atoms with Crippen molar-refractivity contribution in [2.75, 3.05) is 11.9 Å². The quantitative estimate of drug-likeness (QED) is 0.897. The van der Waals surface area contributed by atoms with Gasteiger partial charge in [-0.15, -0.1) is 10.2 Å². The molecule has 0 aliphatic carbocycles. The van der Waals surface area contributed by atoms with E-state index in [1.807, 2.05) is 0 Å². The number of hydrogen-bond donors (Lipinski definition) is 1. The Morgan fingerprint density at radius 1 is 0.905 bits per heavy atom. The largest absolute Gasteiger partial charge is 0.368 e. The van der Waals surface area contributed by atoms with E-state index in [2.05, 4.69) is 69.2 Å². The van der Waals surface area contributed by atoms with Gasteiger partial charge < -0.3 is 5.32 Å². The van der Waals surface area contributed by atoms with Crippen LogP contribution in [0.15, 0.2) is 12.1 Å². The SMILES string of the molecule is CCCNc1nnc(-c2c(C)cc(C)cc2C)c(C)c1C. The van der Waals surface area contributed by atoms with Gasteiger partial charge in [-0.1, -0.05) is 24.6 Å². The second-order valence-corrected chi connectivity index (χ2v) is 5.85. The van der Waals surface area contributed by atoms with Crippen LogP contribution in [-0.2, 0) is 0 Å². The predicted molar refractivity (Wildman–Crippen MR) is 89.9 cm³/mol. The molecule has 0 radical (unpaired) electrons. The summed E-state index contributed by atoms with van der Waals surface area (Å²) in [5.41, 5.74) is 8.43. The van der Waals surface area contributed by atoms with Crippen molar-refractivity contribution in [1.82, 2.24) is 10.2 Å². The van der Waals surface area contributed by atoms with E-state index in [1.54, 1.807) is 0 Å². The highest BCUT2D eigenvalue weighted by Gasteiger charge is 2.15. The third-order valence-electron chi connectivity index (χ3n) is 3.98. The van der Waals surface area contributed by atoms with Crippen molar-refractivity contribution in [2.24, 2.45) is 0 Å². The molecule has 0 atom stereocenters. The first-order valence-corrected chi connectivity index (χ1v) is 7.61. The lowest BCUT2D eigenvalue weighted by Gasteiger charge is -2.16. The van der Waals surface area contributed by atoms with E-state index in [1.165, 1.54) is 33.4 Å². The lowest BCUT2D eigenvalue weighted by molar-refractivity contribution is 0.932. The van der Waals surface area contributed by atoms with Crippen LogP contribution in [0.4, 0.5) is 5.82 Å². The van der Waals surface area contributed by atoms with E-state index in [4.69, 9.17) is 0 Å². The summed E-state index contributed by atoms with van der Waals surface area (Å²) in [4.78, 5) is 0. The summed E-state index contributed by atoms with van der Waals surface area (Å²) in [6.45, 7) is 13.8. The highest BCUT2D eigenvalue weighted by atomic mass is 15.2. The van der Waals surface area contributed by atoms with Crippen molar-refractivity contribution in [3.05, 3.63) is 39.9 Å². The summed E-state index contributed by atoms with van der Waals surface area (Å²) in [5, 5.41) is 12.2. The number of hydrogen-bond acceptors (Lipinski definition) is 3. The molecule has 0 saturated heterocycles. The van der Waals surface area contributed by atoms with Gasteiger partial charge in [-0.25, -0.2) is 0 Å². The number of benzene rings is 1. The van der Waals surface area contributed by atoms with E-state index in [9.17, 15) is 0 Å². The molecule has 112 valence electrons. The minimum atomic E-state index is 0.903. The van der Waals surface area contributed by atoms with Crippen molar-refractivity contribution in [1.29, 1.82) is 0 Å². The first-order chi connectivity index (χ1) is 9.95. The van der Waals surface area contributed by atoms with Gasteiger partial charge in [-0.3, -0.25) is 0 Å². The molecule has 2 aromatic rings. The highest BCUT2D eigenvalue weighted by molar-refractivity contribution is 5.72. The minimum absolute atomic E-state index is 0.903. The van der Waals surface area contributed by atoms with Crippen LogP contribution in [0.3, 0.4) is 0 Å². The molecule has 21 heavy (non-hydrogen) atoms. The van der Waals surface area contributed by atoms with Gasteiger partial charge in [0.15, 0.2) is 5.82 Å². The van der Waals surface area contributed by atoms with Gasteiger partial charge in [-0.05, 0) is 63.3 Å². The Balaban J connectivity index is 2.54. The molecule has 0 aliphatic rings. The van der Waals surface area contributed by atoms with Gasteiger partial charge in [0.1, 0.15) is 0 Å². The molecule has 1 aromatic carbocycles. The average Bonchev–Trinajstić information content (AvgIpc) is 2.41. The Hall–Kier alpha value is -1.90. The molecular formula is C18H25N3. The molecule has 0 fully saturated rings. The Morgan fingerprint density at radius 2 is 1.52 bits per heavy atom. The zero-order chi connectivity index (χ0) is 15.6. The fourth-order valence-electron chi connectivity index (χ4n) is 2.81. The Labute approximate surface area is 127 Å². The predicted octanol–water partition coefficient (Wildman–Crippen LogP) is 4.51. The Bertz CT molecular complexity index is 637. The van der Waals surface area contributed by atoms with Gasteiger partial charge in [0, 0.05) is 12.1 Å². The number of anilines is 1. The summed E-state index contributed by atoms with van der Waals surface area (Å²) in [6, 6.07) is 4.42. The Kier molecular flexibility index (Phi) is 4.61. The van der Waals surface area contributed by atoms with E-state index in [0.29, 0.717) is 0 Å². The van der Waals surface area contributed by atoms with Crippen LogP contribution < -0.4 is 5.32 Å². The van der Waals surface area contributed by atoms with Crippen molar-refractivity contribution in [3.63, 3.8) is 0 Å². The molecule has 0 bridgehead atoms. The van der Waals surface area contributed by atoms with Crippen LogP contribution >= 0.6 is 0 Å². The molecule has 3 heteroatoms. The monoisotopic (exact) mass is 283 g/mol. The molecule has 1 aromatic heterocycles. The number of nitrogens with one attached hydrogen (secondary N) is 1. The second-order valence-electron chi connectivity index (χ2n) is 5.85. The normalized spacial score (nSPS) is 10.8. The molecule has 0 aliphatic heterocycles.